The van der Waals surface area contributed by atoms with Gasteiger partial charge >= 0.3 is 0 Å². The second-order valence-corrected chi connectivity index (χ2v) is 3.63. The molecule has 1 aliphatic carbocycles. The van der Waals surface area contributed by atoms with Crippen LogP contribution in [0.2, 0.25) is 0 Å². The third-order valence-corrected chi connectivity index (χ3v) is 2.26. The Balaban J connectivity index is 2.23. The Kier molecular flexibility index (Phi) is 1.80. The minimum atomic E-state index is 0.244. The zero-order valence-electron chi connectivity index (χ0n) is 6.48. The highest BCUT2D eigenvalue weighted by atomic mass is 14.8. The van der Waals surface area contributed by atoms with Crippen LogP contribution in [0.3, 0.4) is 0 Å². The van der Waals surface area contributed by atoms with Gasteiger partial charge in [-0.25, -0.2) is 0 Å². The van der Waals surface area contributed by atoms with Crippen LogP contribution in [0.25, 0.3) is 0 Å². The lowest BCUT2D eigenvalue weighted by Gasteiger charge is -2.43. The smallest absolute Gasteiger partial charge is 0.0159 e. The molecule has 0 aromatic rings. The van der Waals surface area contributed by atoms with E-state index in [1.807, 2.05) is 0 Å². The van der Waals surface area contributed by atoms with E-state index in [9.17, 15) is 0 Å². The van der Waals surface area contributed by atoms with Gasteiger partial charge in [0.15, 0.2) is 0 Å². The predicted molar refractivity (Wildman–Crippen MR) is 40.2 cm³/mol. The van der Waals surface area contributed by atoms with Crippen molar-refractivity contribution in [2.45, 2.75) is 45.1 Å². The highest BCUT2D eigenvalue weighted by Crippen LogP contribution is 2.38. The van der Waals surface area contributed by atoms with Gasteiger partial charge in [0.1, 0.15) is 0 Å². The molecule has 0 bridgehead atoms. The van der Waals surface area contributed by atoms with E-state index in [2.05, 4.69) is 13.8 Å². The highest BCUT2D eigenvalue weighted by Gasteiger charge is 2.36. The number of hydrogen-bond donors (Lipinski definition) is 1. The molecule has 0 aromatic carbocycles. The molecule has 9 heavy (non-hydrogen) atoms. The first-order chi connectivity index (χ1) is 4.16. The lowest BCUT2D eigenvalue weighted by molar-refractivity contribution is 0.150. The van der Waals surface area contributed by atoms with E-state index in [1.54, 1.807) is 0 Å². The molecule has 54 valence electrons. The minimum Gasteiger partial charge on any atom is -0.325 e. The summed E-state index contributed by atoms with van der Waals surface area (Å²) in [7, 11) is 0. The second-order valence-electron chi connectivity index (χ2n) is 3.63. The van der Waals surface area contributed by atoms with Gasteiger partial charge in [-0.1, -0.05) is 20.3 Å². The summed E-state index contributed by atoms with van der Waals surface area (Å²) in [6.45, 7) is 4.48. The van der Waals surface area contributed by atoms with Crippen molar-refractivity contribution in [1.29, 1.82) is 0 Å². The Morgan fingerprint density at radius 1 is 1.56 bits per heavy atom. The van der Waals surface area contributed by atoms with Crippen LogP contribution >= 0.6 is 0 Å². The maximum Gasteiger partial charge on any atom is 0.0159 e. The standard InChI is InChI=1S/C8H17N/c1-3-4-8(9)5-7(2)6-8/h7H,3-6,9H2,1-2H3. The van der Waals surface area contributed by atoms with E-state index in [0.717, 1.165) is 5.92 Å². The van der Waals surface area contributed by atoms with Crippen molar-refractivity contribution in [2.24, 2.45) is 11.7 Å². The van der Waals surface area contributed by atoms with Crippen LogP contribution in [0.15, 0.2) is 0 Å². The lowest BCUT2D eigenvalue weighted by atomic mass is 9.68. The molecule has 1 rings (SSSR count). The van der Waals surface area contributed by atoms with Gasteiger partial charge in [0.2, 0.25) is 0 Å². The molecule has 0 heterocycles. The molecule has 0 unspecified atom stereocenters. The van der Waals surface area contributed by atoms with Crippen LogP contribution in [-0.4, -0.2) is 5.54 Å². The molecule has 0 saturated heterocycles. The predicted octanol–water partition coefficient (Wildman–Crippen LogP) is 1.91. The fourth-order valence-electron chi connectivity index (χ4n) is 2.03. The van der Waals surface area contributed by atoms with Crippen molar-refractivity contribution >= 4 is 0 Å². The highest BCUT2D eigenvalue weighted by molar-refractivity contribution is 4.95. The number of hydrogen-bond acceptors (Lipinski definition) is 1. The second kappa shape index (κ2) is 2.30. The fourth-order valence-corrected chi connectivity index (χ4v) is 2.03. The van der Waals surface area contributed by atoms with Crippen molar-refractivity contribution in [3.63, 3.8) is 0 Å². The Morgan fingerprint density at radius 3 is 2.44 bits per heavy atom. The van der Waals surface area contributed by atoms with Crippen LogP contribution in [-0.2, 0) is 0 Å². The van der Waals surface area contributed by atoms with Crippen LogP contribution in [0, 0.1) is 5.92 Å². The summed E-state index contributed by atoms with van der Waals surface area (Å²) >= 11 is 0. The number of nitrogens with two attached hydrogens (primary N) is 1. The average Bonchev–Trinajstić information content (AvgIpc) is 1.62. The van der Waals surface area contributed by atoms with E-state index in [0.29, 0.717) is 0 Å². The Bertz CT molecular complexity index is 87.2. The van der Waals surface area contributed by atoms with Gasteiger partial charge < -0.3 is 5.73 Å². The first-order valence-electron chi connectivity index (χ1n) is 3.95. The molecule has 1 saturated carbocycles. The first-order valence-corrected chi connectivity index (χ1v) is 3.95. The van der Waals surface area contributed by atoms with E-state index >= 15 is 0 Å². The molecule has 2 N–H and O–H groups in total. The zero-order chi connectivity index (χ0) is 6.91. The molecule has 0 spiro atoms. The summed E-state index contributed by atoms with van der Waals surface area (Å²) in [5.74, 6) is 0.890. The summed E-state index contributed by atoms with van der Waals surface area (Å²) in [6.07, 6.45) is 4.96. The van der Waals surface area contributed by atoms with Gasteiger partial charge in [0.05, 0.1) is 0 Å². The van der Waals surface area contributed by atoms with Gasteiger partial charge in [0.25, 0.3) is 0 Å². The maximum atomic E-state index is 6.00. The van der Waals surface area contributed by atoms with Crippen LogP contribution in [0.4, 0.5) is 0 Å². The molecular formula is C8H17N. The third kappa shape index (κ3) is 1.45. The van der Waals surface area contributed by atoms with Crippen LogP contribution in [0.1, 0.15) is 39.5 Å². The molecule has 0 atom stereocenters. The van der Waals surface area contributed by atoms with Crippen LogP contribution < -0.4 is 5.73 Å². The van der Waals surface area contributed by atoms with E-state index < -0.39 is 0 Å². The van der Waals surface area contributed by atoms with Gasteiger partial charge in [-0.2, -0.15) is 0 Å². The summed E-state index contributed by atoms with van der Waals surface area (Å²) in [4.78, 5) is 0. The third-order valence-electron chi connectivity index (χ3n) is 2.26. The molecule has 0 radical (unpaired) electrons. The van der Waals surface area contributed by atoms with E-state index in [-0.39, 0.29) is 5.54 Å². The summed E-state index contributed by atoms with van der Waals surface area (Å²) < 4.78 is 0. The van der Waals surface area contributed by atoms with Crippen molar-refractivity contribution in [2.75, 3.05) is 0 Å². The quantitative estimate of drug-likeness (QED) is 0.602. The normalized spacial score (nSPS) is 42.3. The molecule has 0 aliphatic heterocycles. The zero-order valence-corrected chi connectivity index (χ0v) is 6.48. The SMILES string of the molecule is CCCC1(N)CC(C)C1. The Morgan fingerprint density at radius 2 is 2.11 bits per heavy atom. The Labute approximate surface area is 57.6 Å². The lowest BCUT2D eigenvalue weighted by Crippen LogP contribution is -2.50. The van der Waals surface area contributed by atoms with Gasteiger partial charge in [-0.05, 0) is 25.2 Å². The van der Waals surface area contributed by atoms with E-state index in [4.69, 9.17) is 5.73 Å². The average molecular weight is 127 g/mol. The molecule has 0 aromatic heterocycles. The van der Waals surface area contributed by atoms with Gasteiger partial charge in [-0.3, -0.25) is 0 Å². The fraction of sp³-hybridized carbons (Fsp3) is 1.00. The largest absolute Gasteiger partial charge is 0.325 e. The molecule has 1 heteroatoms. The topological polar surface area (TPSA) is 26.0 Å². The molecule has 1 aliphatic rings. The maximum absolute atomic E-state index is 6.00. The van der Waals surface area contributed by atoms with Gasteiger partial charge in [-0.15, -0.1) is 0 Å². The summed E-state index contributed by atoms with van der Waals surface area (Å²) in [6, 6.07) is 0. The van der Waals surface area contributed by atoms with Crippen molar-refractivity contribution in [1.82, 2.24) is 0 Å². The monoisotopic (exact) mass is 127 g/mol. The molecule has 1 nitrogen and oxygen atoms in total. The van der Waals surface area contributed by atoms with Crippen molar-refractivity contribution in [3.05, 3.63) is 0 Å². The summed E-state index contributed by atoms with van der Waals surface area (Å²) in [5, 5.41) is 0. The van der Waals surface area contributed by atoms with Crippen LogP contribution in [0.5, 0.6) is 0 Å². The first kappa shape index (κ1) is 7.07. The van der Waals surface area contributed by atoms with Crippen molar-refractivity contribution < 1.29 is 0 Å². The van der Waals surface area contributed by atoms with Gasteiger partial charge in [0, 0.05) is 5.54 Å². The molecular weight excluding hydrogens is 110 g/mol. The Hall–Kier alpha value is -0.0400. The molecule has 1 fully saturated rings. The van der Waals surface area contributed by atoms with E-state index in [1.165, 1.54) is 25.7 Å². The van der Waals surface area contributed by atoms with Crippen molar-refractivity contribution in [3.8, 4) is 0 Å². The minimum absolute atomic E-state index is 0.244. The summed E-state index contributed by atoms with van der Waals surface area (Å²) in [5.41, 5.74) is 6.25. The molecule has 0 amide bonds. The number of rotatable bonds is 2.